The van der Waals surface area contributed by atoms with E-state index in [1.165, 1.54) is 6.07 Å². The van der Waals surface area contributed by atoms with Crippen LogP contribution >= 0.6 is 0 Å². The molecule has 1 aromatic heterocycles. The van der Waals surface area contributed by atoms with Gasteiger partial charge in [0.15, 0.2) is 0 Å². The standard InChI is InChI=1S/C22H24N4O6/c1-3-31-11-7-10-25-19-9-6-5-8-18(19)23-22(25)24-20(27)15-12-16(21(28)32-4-2)14-17(13-15)26(29)30/h5-6,8-9,12-14H,3-4,7,10-11H2,1-2H3,(H,23,24,27). The Kier molecular flexibility index (Phi) is 7.50. The van der Waals surface area contributed by atoms with Gasteiger partial charge in [-0.05, 0) is 38.5 Å². The van der Waals surface area contributed by atoms with E-state index >= 15 is 0 Å². The second-order valence-electron chi connectivity index (χ2n) is 6.83. The number of para-hydroxylation sites is 2. The first-order chi connectivity index (χ1) is 15.4. The van der Waals surface area contributed by atoms with Crippen LogP contribution in [0.15, 0.2) is 42.5 Å². The number of esters is 1. The molecule has 3 aromatic rings. The smallest absolute Gasteiger partial charge is 0.338 e. The number of aryl methyl sites for hydroxylation is 1. The van der Waals surface area contributed by atoms with E-state index in [1.807, 2.05) is 35.8 Å². The number of amides is 1. The maximum absolute atomic E-state index is 13.0. The van der Waals surface area contributed by atoms with E-state index in [1.54, 1.807) is 6.92 Å². The van der Waals surface area contributed by atoms with Gasteiger partial charge < -0.3 is 14.0 Å². The van der Waals surface area contributed by atoms with Crippen LogP contribution in [0, 0.1) is 10.1 Å². The number of fused-ring (bicyclic) bond motifs is 1. The lowest BCUT2D eigenvalue weighted by atomic mass is 10.1. The molecular weight excluding hydrogens is 416 g/mol. The summed E-state index contributed by atoms with van der Waals surface area (Å²) in [6.07, 6.45) is 0.709. The largest absolute Gasteiger partial charge is 0.462 e. The number of ether oxygens (including phenoxy) is 2. The lowest BCUT2D eigenvalue weighted by Crippen LogP contribution is -2.18. The van der Waals surface area contributed by atoms with Crippen molar-refractivity contribution in [3.63, 3.8) is 0 Å². The third kappa shape index (κ3) is 5.27. The fourth-order valence-electron chi connectivity index (χ4n) is 3.22. The Hall–Kier alpha value is -3.79. The molecule has 0 aliphatic rings. The first-order valence-electron chi connectivity index (χ1n) is 10.3. The SMILES string of the molecule is CCOCCCn1c(NC(=O)c2cc(C(=O)OCC)cc([N+](=O)[O-])c2)nc2ccccc21. The lowest BCUT2D eigenvalue weighted by molar-refractivity contribution is -0.384. The third-order valence-electron chi connectivity index (χ3n) is 4.66. The number of nitrogens with zero attached hydrogens (tertiary/aromatic N) is 3. The van der Waals surface area contributed by atoms with Crippen LogP contribution in [0.3, 0.4) is 0 Å². The van der Waals surface area contributed by atoms with Crippen LogP contribution in [-0.2, 0) is 16.0 Å². The highest BCUT2D eigenvalue weighted by Gasteiger charge is 2.20. The fraction of sp³-hybridized carbons (Fsp3) is 0.318. The van der Waals surface area contributed by atoms with Crippen molar-refractivity contribution in [2.45, 2.75) is 26.8 Å². The zero-order valence-corrected chi connectivity index (χ0v) is 17.9. The zero-order valence-electron chi connectivity index (χ0n) is 17.9. The molecule has 10 nitrogen and oxygen atoms in total. The van der Waals surface area contributed by atoms with Crippen molar-refractivity contribution in [2.24, 2.45) is 0 Å². The topological polar surface area (TPSA) is 126 Å². The number of rotatable bonds is 10. The lowest BCUT2D eigenvalue weighted by Gasteiger charge is -2.11. The summed E-state index contributed by atoms with van der Waals surface area (Å²) < 4.78 is 12.2. The molecule has 0 radical (unpaired) electrons. The molecule has 0 aliphatic heterocycles. The number of imidazole rings is 1. The quantitative estimate of drug-likeness (QED) is 0.220. The number of benzene rings is 2. The summed E-state index contributed by atoms with van der Waals surface area (Å²) in [4.78, 5) is 40.2. The fourth-order valence-corrected chi connectivity index (χ4v) is 3.22. The normalized spacial score (nSPS) is 10.8. The molecule has 0 atom stereocenters. The van der Waals surface area contributed by atoms with Gasteiger partial charge in [0.05, 0.1) is 28.1 Å². The zero-order chi connectivity index (χ0) is 23.1. The average molecular weight is 440 g/mol. The highest BCUT2D eigenvalue weighted by molar-refractivity contribution is 6.06. The number of aromatic nitrogens is 2. The number of carbonyl (C=O) groups excluding carboxylic acids is 2. The molecule has 1 N–H and O–H groups in total. The predicted molar refractivity (Wildman–Crippen MR) is 118 cm³/mol. The number of nitro benzene ring substituents is 1. The Labute approximate surface area is 184 Å². The van der Waals surface area contributed by atoms with Crippen molar-refractivity contribution in [2.75, 3.05) is 25.1 Å². The monoisotopic (exact) mass is 440 g/mol. The maximum atomic E-state index is 13.0. The van der Waals surface area contributed by atoms with E-state index in [-0.39, 0.29) is 23.4 Å². The summed E-state index contributed by atoms with van der Waals surface area (Å²) in [5, 5.41) is 14.0. The van der Waals surface area contributed by atoms with Gasteiger partial charge in [-0.1, -0.05) is 12.1 Å². The van der Waals surface area contributed by atoms with E-state index < -0.39 is 16.8 Å². The molecule has 0 unspecified atom stereocenters. The second-order valence-corrected chi connectivity index (χ2v) is 6.83. The van der Waals surface area contributed by atoms with Gasteiger partial charge in [0.2, 0.25) is 5.95 Å². The first kappa shape index (κ1) is 22.9. The molecule has 1 heterocycles. The molecule has 32 heavy (non-hydrogen) atoms. The van der Waals surface area contributed by atoms with Gasteiger partial charge in [0.1, 0.15) is 0 Å². The molecular formula is C22H24N4O6. The Morgan fingerprint density at radius 3 is 2.59 bits per heavy atom. The van der Waals surface area contributed by atoms with Gasteiger partial charge >= 0.3 is 5.97 Å². The number of anilines is 1. The number of non-ortho nitro benzene ring substituents is 1. The third-order valence-corrected chi connectivity index (χ3v) is 4.66. The number of hydrogen-bond donors (Lipinski definition) is 1. The maximum Gasteiger partial charge on any atom is 0.338 e. The van der Waals surface area contributed by atoms with Crippen LogP contribution in [0.5, 0.6) is 0 Å². The summed E-state index contributed by atoms with van der Waals surface area (Å²) in [6, 6.07) is 10.9. The molecule has 0 spiro atoms. The van der Waals surface area contributed by atoms with Crippen molar-refractivity contribution >= 4 is 34.5 Å². The van der Waals surface area contributed by atoms with Crippen molar-refractivity contribution < 1.29 is 24.0 Å². The Morgan fingerprint density at radius 2 is 1.88 bits per heavy atom. The molecule has 0 bridgehead atoms. The highest BCUT2D eigenvalue weighted by atomic mass is 16.6. The van der Waals surface area contributed by atoms with Gasteiger partial charge in [0.25, 0.3) is 11.6 Å². The van der Waals surface area contributed by atoms with E-state index in [2.05, 4.69) is 10.3 Å². The second kappa shape index (κ2) is 10.5. The van der Waals surface area contributed by atoms with Crippen LogP contribution < -0.4 is 5.32 Å². The predicted octanol–water partition coefficient (Wildman–Crippen LogP) is 3.80. The summed E-state index contributed by atoms with van der Waals surface area (Å²) >= 11 is 0. The summed E-state index contributed by atoms with van der Waals surface area (Å²) in [5.41, 5.74) is 1.04. The summed E-state index contributed by atoms with van der Waals surface area (Å²) in [7, 11) is 0. The molecule has 0 saturated heterocycles. The van der Waals surface area contributed by atoms with Crippen LogP contribution in [-0.4, -0.2) is 46.2 Å². The Morgan fingerprint density at radius 1 is 1.12 bits per heavy atom. The summed E-state index contributed by atoms with van der Waals surface area (Å²) in [6.45, 7) is 5.38. The van der Waals surface area contributed by atoms with Crippen LogP contribution in [0.25, 0.3) is 11.0 Å². The molecule has 3 rings (SSSR count). The first-order valence-corrected chi connectivity index (χ1v) is 10.3. The van der Waals surface area contributed by atoms with Gasteiger partial charge in [0, 0.05) is 37.5 Å². The molecule has 2 aromatic carbocycles. The molecule has 1 amide bonds. The van der Waals surface area contributed by atoms with Crippen LogP contribution in [0.1, 0.15) is 41.0 Å². The van der Waals surface area contributed by atoms with Gasteiger partial charge in [-0.3, -0.25) is 20.2 Å². The number of nitrogens with one attached hydrogen (secondary N) is 1. The minimum absolute atomic E-state index is 0.0461. The van der Waals surface area contributed by atoms with E-state index in [9.17, 15) is 19.7 Å². The number of carbonyl (C=O) groups is 2. The van der Waals surface area contributed by atoms with Crippen LogP contribution in [0.2, 0.25) is 0 Å². The number of nitro groups is 1. The van der Waals surface area contributed by atoms with E-state index in [0.29, 0.717) is 37.6 Å². The van der Waals surface area contributed by atoms with Crippen LogP contribution in [0.4, 0.5) is 11.6 Å². The highest BCUT2D eigenvalue weighted by Crippen LogP contribution is 2.23. The molecule has 168 valence electrons. The summed E-state index contributed by atoms with van der Waals surface area (Å²) in [5.74, 6) is -1.06. The van der Waals surface area contributed by atoms with E-state index in [4.69, 9.17) is 9.47 Å². The van der Waals surface area contributed by atoms with Crippen molar-refractivity contribution in [1.82, 2.24) is 9.55 Å². The van der Waals surface area contributed by atoms with Crippen molar-refractivity contribution in [1.29, 1.82) is 0 Å². The molecule has 0 aliphatic carbocycles. The van der Waals surface area contributed by atoms with Gasteiger partial charge in [-0.25, -0.2) is 9.78 Å². The molecule has 0 saturated carbocycles. The minimum Gasteiger partial charge on any atom is -0.462 e. The van der Waals surface area contributed by atoms with Crippen molar-refractivity contribution in [3.05, 3.63) is 63.7 Å². The van der Waals surface area contributed by atoms with Gasteiger partial charge in [-0.2, -0.15) is 0 Å². The van der Waals surface area contributed by atoms with Crippen molar-refractivity contribution in [3.8, 4) is 0 Å². The molecule has 10 heteroatoms. The average Bonchev–Trinajstić information content (AvgIpc) is 3.13. The Balaban J connectivity index is 1.92. The Bertz CT molecular complexity index is 1140. The number of hydrogen-bond acceptors (Lipinski definition) is 7. The minimum atomic E-state index is -0.742. The molecule has 0 fully saturated rings. The van der Waals surface area contributed by atoms with Gasteiger partial charge in [-0.15, -0.1) is 0 Å². The van der Waals surface area contributed by atoms with E-state index in [0.717, 1.165) is 17.6 Å².